The highest BCUT2D eigenvalue weighted by Gasteiger charge is 2.21. The molecule has 1 heterocycles. The van der Waals surface area contributed by atoms with Crippen LogP contribution in [0.15, 0.2) is 11.4 Å². The Balaban J connectivity index is 2.43. The number of carbonyl (C=O) groups is 1. The van der Waals surface area contributed by atoms with Crippen molar-refractivity contribution in [3.05, 3.63) is 16.3 Å². The predicted molar refractivity (Wildman–Crippen MR) is 88.4 cm³/mol. The molecule has 0 aromatic carbocycles. The second kappa shape index (κ2) is 7.66. The summed E-state index contributed by atoms with van der Waals surface area (Å²) in [6.45, 7) is 11.1. The van der Waals surface area contributed by atoms with Gasteiger partial charge in [-0.3, -0.25) is 0 Å². The summed E-state index contributed by atoms with van der Waals surface area (Å²) in [4.78, 5) is 13.0. The van der Waals surface area contributed by atoms with Gasteiger partial charge in [-0.15, -0.1) is 11.3 Å². The van der Waals surface area contributed by atoms with E-state index in [0.29, 0.717) is 19.0 Å². The number of hydrogen-bond donors (Lipinski definition) is 3. The molecule has 1 aromatic rings. The van der Waals surface area contributed by atoms with Gasteiger partial charge in [0.05, 0.1) is 0 Å². The fourth-order valence-electron chi connectivity index (χ4n) is 1.75. The Hall–Kier alpha value is -1.27. The van der Waals surface area contributed by atoms with E-state index >= 15 is 0 Å². The fraction of sp³-hybridized carbons (Fsp3) is 0.667. The monoisotopic (exact) mass is 313 g/mol. The molecule has 1 amide bonds. The third kappa shape index (κ3) is 6.82. The van der Waals surface area contributed by atoms with E-state index in [1.807, 2.05) is 32.2 Å². The van der Waals surface area contributed by atoms with E-state index in [1.54, 1.807) is 11.3 Å². The Bertz CT molecular complexity index is 452. The summed E-state index contributed by atoms with van der Waals surface area (Å²) in [5.74, 6) is 0.311. The van der Waals surface area contributed by atoms with Crippen molar-refractivity contribution in [1.82, 2.24) is 10.6 Å². The number of nitrogens with one attached hydrogen (secondary N) is 2. The number of thiophene rings is 1. The van der Waals surface area contributed by atoms with Gasteiger partial charge < -0.3 is 21.1 Å². The van der Waals surface area contributed by atoms with Gasteiger partial charge in [-0.25, -0.2) is 4.79 Å². The summed E-state index contributed by atoms with van der Waals surface area (Å²) >= 11 is 1.63. The Labute approximate surface area is 131 Å². The summed E-state index contributed by atoms with van der Waals surface area (Å²) < 4.78 is 5.29. The van der Waals surface area contributed by atoms with E-state index < -0.39 is 5.60 Å². The van der Waals surface area contributed by atoms with Gasteiger partial charge in [0.15, 0.2) is 0 Å². The van der Waals surface area contributed by atoms with Crippen LogP contribution in [0, 0.1) is 5.92 Å². The Morgan fingerprint density at radius 1 is 1.43 bits per heavy atom. The number of hydrogen-bond acceptors (Lipinski definition) is 5. The SMILES string of the molecule is CC(C)C(CNCc1sccc1N)NC(=O)OC(C)(C)C. The van der Waals surface area contributed by atoms with Crippen LogP contribution in [0.4, 0.5) is 10.5 Å². The third-order valence-electron chi connectivity index (χ3n) is 2.94. The van der Waals surface area contributed by atoms with E-state index in [0.717, 1.165) is 10.6 Å². The third-order valence-corrected chi connectivity index (χ3v) is 3.87. The zero-order valence-corrected chi connectivity index (χ0v) is 14.3. The lowest BCUT2D eigenvalue weighted by Gasteiger charge is -2.26. The minimum absolute atomic E-state index is 0.0148. The smallest absolute Gasteiger partial charge is 0.407 e. The molecule has 0 spiro atoms. The van der Waals surface area contributed by atoms with E-state index in [9.17, 15) is 4.79 Å². The van der Waals surface area contributed by atoms with Crippen LogP contribution in [0.1, 0.15) is 39.5 Å². The van der Waals surface area contributed by atoms with Gasteiger partial charge in [0.2, 0.25) is 0 Å². The van der Waals surface area contributed by atoms with Crippen LogP contribution in [0.3, 0.4) is 0 Å². The van der Waals surface area contributed by atoms with Crippen LogP contribution in [-0.4, -0.2) is 24.3 Å². The number of ether oxygens (including phenoxy) is 1. The van der Waals surface area contributed by atoms with Crippen molar-refractivity contribution in [1.29, 1.82) is 0 Å². The van der Waals surface area contributed by atoms with Crippen LogP contribution in [0.25, 0.3) is 0 Å². The molecule has 0 aliphatic heterocycles. The maximum absolute atomic E-state index is 11.8. The molecule has 0 radical (unpaired) electrons. The average Bonchev–Trinajstić information content (AvgIpc) is 2.71. The Morgan fingerprint density at radius 3 is 2.57 bits per heavy atom. The molecule has 0 fully saturated rings. The average molecular weight is 313 g/mol. The second-order valence-electron chi connectivity index (χ2n) is 6.43. The molecule has 0 aliphatic rings. The van der Waals surface area contributed by atoms with Gasteiger partial charge in [-0.2, -0.15) is 0 Å². The maximum Gasteiger partial charge on any atom is 0.407 e. The number of rotatable bonds is 6. The topological polar surface area (TPSA) is 76.4 Å². The van der Waals surface area contributed by atoms with Crippen LogP contribution in [0.2, 0.25) is 0 Å². The highest BCUT2D eigenvalue weighted by molar-refractivity contribution is 7.10. The molecule has 120 valence electrons. The molecule has 1 rings (SSSR count). The minimum atomic E-state index is -0.482. The summed E-state index contributed by atoms with van der Waals surface area (Å²) in [5, 5.41) is 8.23. The molecule has 1 atom stereocenters. The number of carbonyl (C=O) groups excluding carboxylic acids is 1. The van der Waals surface area contributed by atoms with Gasteiger partial charge in [-0.05, 0) is 38.1 Å². The van der Waals surface area contributed by atoms with Crippen LogP contribution < -0.4 is 16.4 Å². The highest BCUT2D eigenvalue weighted by atomic mass is 32.1. The molecule has 0 saturated heterocycles. The summed E-state index contributed by atoms with van der Waals surface area (Å²) in [7, 11) is 0. The van der Waals surface area contributed by atoms with Crippen LogP contribution in [0.5, 0.6) is 0 Å². The molecule has 0 saturated carbocycles. The largest absolute Gasteiger partial charge is 0.444 e. The van der Waals surface area contributed by atoms with Crippen molar-refractivity contribution >= 4 is 23.1 Å². The lowest BCUT2D eigenvalue weighted by molar-refractivity contribution is 0.0490. The van der Waals surface area contributed by atoms with Gasteiger partial charge in [0.1, 0.15) is 5.60 Å². The second-order valence-corrected chi connectivity index (χ2v) is 7.43. The Morgan fingerprint density at radius 2 is 2.10 bits per heavy atom. The normalized spacial score (nSPS) is 13.2. The lowest BCUT2D eigenvalue weighted by atomic mass is 10.0. The van der Waals surface area contributed by atoms with E-state index in [-0.39, 0.29) is 12.1 Å². The van der Waals surface area contributed by atoms with Crippen molar-refractivity contribution in [2.24, 2.45) is 5.92 Å². The first-order valence-electron chi connectivity index (χ1n) is 7.21. The highest BCUT2D eigenvalue weighted by Crippen LogP contribution is 2.18. The molecule has 0 aliphatic carbocycles. The molecule has 1 aromatic heterocycles. The molecule has 0 bridgehead atoms. The molecule has 21 heavy (non-hydrogen) atoms. The molecular weight excluding hydrogens is 286 g/mol. The standard InChI is InChI=1S/C15H27N3O2S/c1-10(2)12(18-14(19)20-15(3,4)5)8-17-9-13-11(16)6-7-21-13/h6-7,10,12,17H,8-9,16H2,1-5H3,(H,18,19). The first-order chi connectivity index (χ1) is 9.69. The van der Waals surface area contributed by atoms with Crippen LogP contribution >= 0.6 is 11.3 Å². The summed E-state index contributed by atoms with van der Waals surface area (Å²) in [6.07, 6.45) is -0.376. The summed E-state index contributed by atoms with van der Waals surface area (Å²) in [5.41, 5.74) is 6.18. The quantitative estimate of drug-likeness (QED) is 0.754. The number of nitrogen functional groups attached to an aromatic ring is 1. The molecule has 1 unspecified atom stereocenters. The van der Waals surface area contributed by atoms with Crippen molar-refractivity contribution in [3.63, 3.8) is 0 Å². The van der Waals surface area contributed by atoms with E-state index in [1.165, 1.54) is 0 Å². The number of anilines is 1. The van der Waals surface area contributed by atoms with Crippen molar-refractivity contribution < 1.29 is 9.53 Å². The first kappa shape index (κ1) is 17.8. The number of nitrogens with two attached hydrogens (primary N) is 1. The van der Waals surface area contributed by atoms with Gasteiger partial charge >= 0.3 is 6.09 Å². The molecular formula is C15H27N3O2S. The van der Waals surface area contributed by atoms with Crippen molar-refractivity contribution in [2.75, 3.05) is 12.3 Å². The van der Waals surface area contributed by atoms with Gasteiger partial charge in [0.25, 0.3) is 0 Å². The van der Waals surface area contributed by atoms with Crippen molar-refractivity contribution in [2.45, 2.75) is 52.8 Å². The summed E-state index contributed by atoms with van der Waals surface area (Å²) in [6, 6.07) is 1.92. The predicted octanol–water partition coefficient (Wildman–Crippen LogP) is 2.97. The van der Waals surface area contributed by atoms with E-state index in [4.69, 9.17) is 10.5 Å². The van der Waals surface area contributed by atoms with Gasteiger partial charge in [0, 0.05) is 29.7 Å². The maximum atomic E-state index is 11.8. The zero-order chi connectivity index (χ0) is 16.0. The molecule has 5 nitrogen and oxygen atoms in total. The minimum Gasteiger partial charge on any atom is -0.444 e. The van der Waals surface area contributed by atoms with Gasteiger partial charge in [-0.1, -0.05) is 13.8 Å². The van der Waals surface area contributed by atoms with E-state index in [2.05, 4.69) is 24.5 Å². The van der Waals surface area contributed by atoms with Crippen LogP contribution in [-0.2, 0) is 11.3 Å². The lowest BCUT2D eigenvalue weighted by Crippen LogP contribution is -2.46. The fourth-order valence-corrected chi connectivity index (χ4v) is 2.52. The number of amides is 1. The number of alkyl carbamates (subject to hydrolysis) is 1. The zero-order valence-electron chi connectivity index (χ0n) is 13.5. The molecule has 4 N–H and O–H groups in total. The first-order valence-corrected chi connectivity index (χ1v) is 8.09. The Kier molecular flexibility index (Phi) is 6.48. The van der Waals surface area contributed by atoms with Crippen molar-refractivity contribution in [3.8, 4) is 0 Å². The molecule has 6 heteroatoms.